The molecule has 9 nitrogen and oxygen atoms in total. The minimum absolute atomic E-state index is 0.0845. The van der Waals surface area contributed by atoms with E-state index < -0.39 is 0 Å². The van der Waals surface area contributed by atoms with E-state index in [0.717, 1.165) is 11.1 Å². The van der Waals surface area contributed by atoms with Crippen LogP contribution in [-0.2, 0) is 29.1 Å². The Morgan fingerprint density at radius 1 is 0.878 bits per heavy atom. The Balaban J connectivity index is 1.33. The number of carbonyl (C=O) groups is 2. The summed E-state index contributed by atoms with van der Waals surface area (Å²) in [6, 6.07) is 22.5. The third-order valence-corrected chi connectivity index (χ3v) is 7.44. The minimum Gasteiger partial charge on any atom is -0.493 e. The molecule has 0 atom stereocenters. The molecule has 1 aromatic heterocycles. The Morgan fingerprint density at radius 2 is 1.63 bits per heavy atom. The van der Waals surface area contributed by atoms with Crippen molar-refractivity contribution in [2.45, 2.75) is 37.5 Å². The van der Waals surface area contributed by atoms with Gasteiger partial charge in [-0.3, -0.25) is 19.0 Å². The first kappa shape index (κ1) is 29.7. The summed E-state index contributed by atoms with van der Waals surface area (Å²) in [5, 5.41) is 6.80. The molecule has 0 unspecified atom stereocenters. The zero-order chi connectivity index (χ0) is 29.0. The fourth-order valence-corrected chi connectivity index (χ4v) is 5.16. The Bertz CT molecular complexity index is 1540. The molecule has 0 bridgehead atoms. The average molecular weight is 575 g/mol. The third-order valence-electron chi connectivity index (χ3n) is 6.46. The van der Waals surface area contributed by atoms with Crippen LogP contribution in [0.15, 0.2) is 82.7 Å². The van der Waals surface area contributed by atoms with E-state index in [9.17, 15) is 14.4 Å². The molecule has 0 aliphatic rings. The molecular weight excluding hydrogens is 540 g/mol. The topological polar surface area (TPSA) is 112 Å². The van der Waals surface area contributed by atoms with Crippen molar-refractivity contribution in [3.05, 3.63) is 94.3 Å². The van der Waals surface area contributed by atoms with Gasteiger partial charge >= 0.3 is 0 Å². The maximum Gasteiger partial charge on any atom is 0.262 e. The number of nitrogens with zero attached hydrogens (tertiary/aromatic N) is 2. The second-order valence-corrected chi connectivity index (χ2v) is 10.3. The number of carbonyl (C=O) groups excluding carboxylic acids is 2. The van der Waals surface area contributed by atoms with Crippen molar-refractivity contribution in [3.63, 3.8) is 0 Å². The van der Waals surface area contributed by atoms with Crippen LogP contribution in [0.3, 0.4) is 0 Å². The van der Waals surface area contributed by atoms with Crippen molar-refractivity contribution in [1.29, 1.82) is 0 Å². The van der Waals surface area contributed by atoms with E-state index in [4.69, 9.17) is 9.47 Å². The first-order valence-electron chi connectivity index (χ1n) is 13.4. The van der Waals surface area contributed by atoms with E-state index >= 15 is 0 Å². The van der Waals surface area contributed by atoms with Crippen molar-refractivity contribution in [2.75, 3.05) is 26.5 Å². The van der Waals surface area contributed by atoms with Gasteiger partial charge in [-0.15, -0.1) is 0 Å². The maximum atomic E-state index is 13.3. The molecule has 4 rings (SSSR count). The van der Waals surface area contributed by atoms with Gasteiger partial charge in [0.25, 0.3) is 5.56 Å². The summed E-state index contributed by atoms with van der Waals surface area (Å²) in [5.74, 6) is 1.15. The fraction of sp³-hybridized carbons (Fsp3) is 0.290. The number of fused-ring (bicyclic) bond motifs is 1. The lowest BCUT2D eigenvalue weighted by atomic mass is 10.1. The number of methoxy groups -OCH3 is 2. The fourth-order valence-electron chi connectivity index (χ4n) is 4.30. The summed E-state index contributed by atoms with van der Waals surface area (Å²) in [6.07, 6.45) is 1.36. The minimum atomic E-state index is -0.184. The summed E-state index contributed by atoms with van der Waals surface area (Å²) >= 11 is 1.21. The average Bonchev–Trinajstić information content (AvgIpc) is 3.00. The second-order valence-electron chi connectivity index (χ2n) is 9.31. The lowest BCUT2D eigenvalue weighted by molar-refractivity contribution is -0.121. The van der Waals surface area contributed by atoms with Crippen LogP contribution in [0.5, 0.6) is 11.5 Å². The summed E-state index contributed by atoms with van der Waals surface area (Å²) in [5.41, 5.74) is 2.42. The van der Waals surface area contributed by atoms with E-state index in [0.29, 0.717) is 60.0 Å². The van der Waals surface area contributed by atoms with Crippen molar-refractivity contribution in [1.82, 2.24) is 20.2 Å². The quantitative estimate of drug-likeness (QED) is 0.173. The Morgan fingerprint density at radius 3 is 2.41 bits per heavy atom. The van der Waals surface area contributed by atoms with Crippen LogP contribution < -0.4 is 25.7 Å². The molecule has 214 valence electrons. The standard InChI is InChI=1S/C31H34N4O5S/c1-39-26-15-14-22(19-27(26)40-2)16-17-32-29(37)21-41-31-34-25-12-7-6-11-24(25)30(38)35(31)18-8-13-28(36)33-20-23-9-4-3-5-10-23/h3-7,9-12,14-15,19H,8,13,16-18,20-21H2,1-2H3,(H,32,37)(H,33,36). The van der Waals surface area contributed by atoms with Gasteiger partial charge in [0.05, 0.1) is 30.9 Å². The molecule has 0 aliphatic heterocycles. The highest BCUT2D eigenvalue weighted by Crippen LogP contribution is 2.27. The number of ether oxygens (including phenoxy) is 2. The zero-order valence-corrected chi connectivity index (χ0v) is 24.0. The Kier molecular flexibility index (Phi) is 10.8. The SMILES string of the molecule is COc1ccc(CCNC(=O)CSc2nc3ccccc3c(=O)n2CCCC(=O)NCc2ccccc2)cc1OC. The number of para-hydroxylation sites is 1. The number of benzene rings is 3. The lowest BCUT2D eigenvalue weighted by Crippen LogP contribution is -2.29. The summed E-state index contributed by atoms with van der Waals surface area (Å²) in [7, 11) is 3.17. The smallest absolute Gasteiger partial charge is 0.262 e. The van der Waals surface area contributed by atoms with Gasteiger partial charge in [0, 0.05) is 26.1 Å². The highest BCUT2D eigenvalue weighted by Gasteiger charge is 2.14. The molecular formula is C31H34N4O5S. The van der Waals surface area contributed by atoms with Crippen molar-refractivity contribution < 1.29 is 19.1 Å². The zero-order valence-electron chi connectivity index (χ0n) is 23.2. The van der Waals surface area contributed by atoms with Gasteiger partial charge in [-0.2, -0.15) is 0 Å². The van der Waals surface area contributed by atoms with E-state index in [2.05, 4.69) is 15.6 Å². The van der Waals surface area contributed by atoms with Gasteiger partial charge in [0.15, 0.2) is 16.7 Å². The van der Waals surface area contributed by atoms with Crippen molar-refractivity contribution in [2.24, 2.45) is 0 Å². The molecule has 41 heavy (non-hydrogen) atoms. The Labute approximate surface area is 243 Å². The number of aromatic nitrogens is 2. The molecule has 1 heterocycles. The normalized spacial score (nSPS) is 10.8. The number of nitrogens with one attached hydrogen (secondary N) is 2. The molecule has 0 radical (unpaired) electrons. The van der Waals surface area contributed by atoms with Crippen LogP contribution in [0.25, 0.3) is 10.9 Å². The van der Waals surface area contributed by atoms with Gasteiger partial charge < -0.3 is 20.1 Å². The maximum absolute atomic E-state index is 13.3. The molecule has 0 saturated carbocycles. The van der Waals surface area contributed by atoms with Gasteiger partial charge in [-0.25, -0.2) is 4.98 Å². The van der Waals surface area contributed by atoms with E-state index in [1.165, 1.54) is 11.8 Å². The third kappa shape index (κ3) is 8.34. The van der Waals surface area contributed by atoms with Crippen molar-refractivity contribution >= 4 is 34.5 Å². The van der Waals surface area contributed by atoms with Crippen molar-refractivity contribution in [3.8, 4) is 11.5 Å². The summed E-state index contributed by atoms with van der Waals surface area (Å²) < 4.78 is 12.2. The highest BCUT2D eigenvalue weighted by molar-refractivity contribution is 7.99. The van der Waals surface area contributed by atoms with E-state index in [1.54, 1.807) is 37.0 Å². The first-order chi connectivity index (χ1) is 20.0. The van der Waals surface area contributed by atoms with Crippen LogP contribution in [0.1, 0.15) is 24.0 Å². The van der Waals surface area contributed by atoms with Crippen LogP contribution in [-0.4, -0.2) is 47.9 Å². The highest BCUT2D eigenvalue weighted by atomic mass is 32.2. The second kappa shape index (κ2) is 14.9. The number of amides is 2. The van der Waals surface area contributed by atoms with E-state index in [-0.39, 0.29) is 29.5 Å². The molecule has 0 spiro atoms. The van der Waals surface area contributed by atoms with Gasteiger partial charge in [-0.1, -0.05) is 60.3 Å². The van der Waals surface area contributed by atoms with Crippen LogP contribution in [0.2, 0.25) is 0 Å². The molecule has 0 fully saturated rings. The molecule has 0 saturated heterocycles. The van der Waals surface area contributed by atoms with Gasteiger partial charge in [0.2, 0.25) is 11.8 Å². The number of hydrogen-bond donors (Lipinski definition) is 2. The first-order valence-corrected chi connectivity index (χ1v) is 14.4. The monoisotopic (exact) mass is 574 g/mol. The van der Waals surface area contributed by atoms with Crippen LogP contribution >= 0.6 is 11.8 Å². The largest absolute Gasteiger partial charge is 0.493 e. The molecule has 10 heteroatoms. The lowest BCUT2D eigenvalue weighted by Gasteiger charge is -2.13. The predicted molar refractivity (Wildman–Crippen MR) is 161 cm³/mol. The number of hydrogen-bond acceptors (Lipinski definition) is 7. The molecule has 3 aromatic carbocycles. The van der Waals surface area contributed by atoms with Crippen LogP contribution in [0.4, 0.5) is 0 Å². The van der Waals surface area contributed by atoms with E-state index in [1.807, 2.05) is 54.6 Å². The number of thioether (sulfide) groups is 1. The molecule has 2 amide bonds. The molecule has 0 aliphatic carbocycles. The Hall–Kier alpha value is -4.31. The molecule has 4 aromatic rings. The predicted octanol–water partition coefficient (Wildman–Crippen LogP) is 3.96. The van der Waals surface area contributed by atoms with Gasteiger partial charge in [-0.05, 0) is 48.2 Å². The summed E-state index contributed by atoms with van der Waals surface area (Å²) in [4.78, 5) is 43.0. The summed E-state index contributed by atoms with van der Waals surface area (Å²) in [6.45, 7) is 1.23. The van der Waals surface area contributed by atoms with Gasteiger partial charge in [0.1, 0.15) is 0 Å². The molecule has 2 N–H and O–H groups in total. The van der Waals surface area contributed by atoms with Crippen LogP contribution in [0, 0.1) is 0 Å². The number of rotatable bonds is 14.